The summed E-state index contributed by atoms with van der Waals surface area (Å²) in [6.45, 7) is 0.915. The van der Waals surface area contributed by atoms with Gasteiger partial charge in [-0.25, -0.2) is 4.79 Å². The molecular formula is C20H24N4O6. The van der Waals surface area contributed by atoms with Gasteiger partial charge in [0.05, 0.1) is 26.2 Å². The number of fused-ring (bicyclic) bond motifs is 1. The number of hydrogen-bond donors (Lipinski definition) is 4. The highest BCUT2D eigenvalue weighted by Gasteiger charge is 2.48. The number of urea groups is 1. The Balaban J connectivity index is 1.56. The van der Waals surface area contributed by atoms with Gasteiger partial charge in [-0.3, -0.25) is 14.9 Å². The third-order valence-corrected chi connectivity index (χ3v) is 5.54. The van der Waals surface area contributed by atoms with E-state index >= 15 is 0 Å². The van der Waals surface area contributed by atoms with Crippen LogP contribution in [-0.2, 0) is 20.9 Å². The average molecular weight is 416 g/mol. The highest BCUT2D eigenvalue weighted by molar-refractivity contribution is 6.08. The number of benzene rings is 1. The normalized spacial score (nSPS) is 23.4. The van der Waals surface area contributed by atoms with E-state index in [1.54, 1.807) is 24.4 Å². The topological polar surface area (TPSA) is 131 Å². The number of carbonyl (C=O) groups is 3. The Bertz CT molecular complexity index is 997. The third-order valence-electron chi connectivity index (χ3n) is 5.54. The van der Waals surface area contributed by atoms with Crippen molar-refractivity contribution in [1.82, 2.24) is 20.5 Å². The summed E-state index contributed by atoms with van der Waals surface area (Å²) in [7, 11) is 1.53. The molecule has 2 atom stereocenters. The van der Waals surface area contributed by atoms with Gasteiger partial charge >= 0.3 is 6.03 Å². The van der Waals surface area contributed by atoms with Crippen LogP contribution in [0.3, 0.4) is 0 Å². The minimum Gasteiger partial charge on any atom is -0.497 e. The number of imide groups is 1. The molecule has 0 saturated carbocycles. The van der Waals surface area contributed by atoms with Crippen LogP contribution in [-0.4, -0.2) is 59.4 Å². The Morgan fingerprint density at radius 2 is 2.27 bits per heavy atom. The van der Waals surface area contributed by atoms with Crippen LogP contribution in [0.5, 0.6) is 11.6 Å². The standard InChI is InChI=1S/C20H24N4O6/c1-29-13-5-4-12-10-24(17(26)15(12)7-13)11-20(18(27)22-19(28)23-20)8-16(25)21-9-14-3-2-6-30-14/h4-5,7,10,14,26H,2-3,6,8-9,11H2,1H3,(H,21,25)(H2,22,23,27,28). The van der Waals surface area contributed by atoms with Crippen LogP contribution in [0.25, 0.3) is 10.8 Å². The van der Waals surface area contributed by atoms with Crippen molar-refractivity contribution in [3.05, 3.63) is 24.4 Å². The number of rotatable bonds is 7. The number of aromatic hydroxyl groups is 1. The molecule has 2 aliphatic heterocycles. The molecule has 0 radical (unpaired) electrons. The van der Waals surface area contributed by atoms with Gasteiger partial charge < -0.3 is 29.8 Å². The molecule has 2 fully saturated rings. The van der Waals surface area contributed by atoms with Crippen molar-refractivity contribution < 1.29 is 29.0 Å². The van der Waals surface area contributed by atoms with Crippen LogP contribution in [0.15, 0.2) is 24.4 Å². The zero-order valence-corrected chi connectivity index (χ0v) is 16.6. The quantitative estimate of drug-likeness (QED) is 0.490. The van der Waals surface area contributed by atoms with Gasteiger partial charge in [-0.1, -0.05) is 0 Å². The van der Waals surface area contributed by atoms with Gasteiger partial charge in [0.25, 0.3) is 5.91 Å². The fourth-order valence-electron chi connectivity index (χ4n) is 3.95. The summed E-state index contributed by atoms with van der Waals surface area (Å²) in [6.07, 6.45) is 3.18. The Hall–Kier alpha value is -3.27. The second-order valence-electron chi connectivity index (χ2n) is 7.64. The van der Waals surface area contributed by atoms with Gasteiger partial charge in [0.2, 0.25) is 5.91 Å². The third kappa shape index (κ3) is 3.78. The lowest BCUT2D eigenvalue weighted by Crippen LogP contribution is -2.53. The number of aromatic nitrogens is 1. The van der Waals surface area contributed by atoms with Crippen molar-refractivity contribution in [2.45, 2.75) is 37.5 Å². The number of amides is 4. The molecule has 2 saturated heterocycles. The summed E-state index contributed by atoms with van der Waals surface area (Å²) in [5.74, 6) is -0.516. The first-order valence-electron chi connectivity index (χ1n) is 9.78. The van der Waals surface area contributed by atoms with E-state index in [1.807, 2.05) is 0 Å². The van der Waals surface area contributed by atoms with Gasteiger partial charge in [-0.2, -0.15) is 0 Å². The van der Waals surface area contributed by atoms with Crippen molar-refractivity contribution in [2.75, 3.05) is 20.3 Å². The molecule has 0 bridgehead atoms. The zero-order valence-electron chi connectivity index (χ0n) is 16.6. The molecule has 4 N–H and O–H groups in total. The largest absolute Gasteiger partial charge is 0.497 e. The summed E-state index contributed by atoms with van der Waals surface area (Å²) < 4.78 is 12.1. The molecule has 1 aromatic heterocycles. The summed E-state index contributed by atoms with van der Waals surface area (Å²) >= 11 is 0. The minimum absolute atomic E-state index is 0.0364. The fraction of sp³-hybridized carbons (Fsp3) is 0.450. The highest BCUT2D eigenvalue weighted by atomic mass is 16.5. The Morgan fingerprint density at radius 3 is 2.93 bits per heavy atom. The maximum Gasteiger partial charge on any atom is 0.322 e. The first-order valence-corrected chi connectivity index (χ1v) is 9.78. The van der Waals surface area contributed by atoms with E-state index in [1.165, 1.54) is 11.7 Å². The lowest BCUT2D eigenvalue weighted by atomic mass is 9.94. The fourth-order valence-corrected chi connectivity index (χ4v) is 3.95. The number of nitrogens with one attached hydrogen (secondary N) is 3. The molecule has 0 aliphatic carbocycles. The van der Waals surface area contributed by atoms with Gasteiger partial charge in [0, 0.05) is 30.1 Å². The van der Waals surface area contributed by atoms with Crippen molar-refractivity contribution in [2.24, 2.45) is 0 Å². The van der Waals surface area contributed by atoms with Gasteiger partial charge in [-0.05, 0) is 31.0 Å². The lowest BCUT2D eigenvalue weighted by molar-refractivity contribution is -0.130. The minimum atomic E-state index is -1.52. The van der Waals surface area contributed by atoms with Crippen molar-refractivity contribution in [1.29, 1.82) is 0 Å². The van der Waals surface area contributed by atoms with Crippen molar-refractivity contribution >= 4 is 28.6 Å². The zero-order chi connectivity index (χ0) is 21.3. The molecule has 2 unspecified atom stereocenters. The maximum absolute atomic E-state index is 12.6. The monoisotopic (exact) mass is 416 g/mol. The Kier molecular flexibility index (Phi) is 5.25. The molecule has 2 aliphatic rings. The van der Waals surface area contributed by atoms with E-state index < -0.39 is 17.5 Å². The molecule has 10 nitrogen and oxygen atoms in total. The van der Waals surface area contributed by atoms with Crippen LogP contribution in [0.2, 0.25) is 0 Å². The first kappa shape index (κ1) is 20.0. The molecule has 4 amide bonds. The van der Waals surface area contributed by atoms with E-state index in [9.17, 15) is 19.5 Å². The van der Waals surface area contributed by atoms with Gasteiger partial charge in [0.15, 0.2) is 5.88 Å². The summed E-state index contributed by atoms with van der Waals surface area (Å²) in [5, 5.41) is 19.5. The second kappa shape index (κ2) is 7.86. The smallest absolute Gasteiger partial charge is 0.322 e. The molecular weight excluding hydrogens is 392 g/mol. The van der Waals surface area contributed by atoms with Crippen LogP contribution in [0.4, 0.5) is 4.79 Å². The Labute approximate surface area is 172 Å². The second-order valence-corrected chi connectivity index (χ2v) is 7.64. The number of methoxy groups -OCH3 is 1. The number of ether oxygens (including phenoxy) is 2. The van der Waals surface area contributed by atoms with Crippen molar-refractivity contribution in [3.8, 4) is 11.6 Å². The van der Waals surface area contributed by atoms with E-state index in [0.717, 1.165) is 18.2 Å². The Morgan fingerprint density at radius 1 is 1.43 bits per heavy atom. The molecule has 30 heavy (non-hydrogen) atoms. The number of nitrogens with zero attached hydrogens (tertiary/aromatic N) is 1. The SMILES string of the molecule is COc1ccc2cn(CC3(CC(=O)NCC4CCCO4)NC(=O)NC3=O)c(O)c2c1. The molecule has 0 spiro atoms. The molecule has 3 heterocycles. The van der Waals surface area contributed by atoms with E-state index in [0.29, 0.717) is 24.3 Å². The first-order chi connectivity index (χ1) is 14.4. The lowest BCUT2D eigenvalue weighted by Gasteiger charge is -2.26. The van der Waals surface area contributed by atoms with Crippen LogP contribution >= 0.6 is 0 Å². The molecule has 1 aromatic carbocycles. The molecule has 160 valence electrons. The maximum atomic E-state index is 12.6. The van der Waals surface area contributed by atoms with Crippen LogP contribution < -0.4 is 20.7 Å². The number of hydrogen-bond acceptors (Lipinski definition) is 6. The molecule has 10 heteroatoms. The predicted octanol–water partition coefficient (Wildman–Crippen LogP) is 0.619. The number of carbonyl (C=O) groups excluding carboxylic acids is 3. The summed E-state index contributed by atoms with van der Waals surface area (Å²) in [5.41, 5.74) is -1.52. The van der Waals surface area contributed by atoms with E-state index in [4.69, 9.17) is 9.47 Å². The summed E-state index contributed by atoms with van der Waals surface area (Å²) in [6, 6.07) is 4.53. The van der Waals surface area contributed by atoms with Crippen LogP contribution in [0.1, 0.15) is 19.3 Å². The molecule has 4 rings (SSSR count). The summed E-state index contributed by atoms with van der Waals surface area (Å²) in [4.78, 5) is 37.0. The highest BCUT2D eigenvalue weighted by Crippen LogP contribution is 2.32. The van der Waals surface area contributed by atoms with E-state index in [-0.39, 0.29) is 30.9 Å². The van der Waals surface area contributed by atoms with Gasteiger partial charge in [-0.15, -0.1) is 0 Å². The molecule has 2 aromatic rings. The van der Waals surface area contributed by atoms with Gasteiger partial charge in [0.1, 0.15) is 11.3 Å². The van der Waals surface area contributed by atoms with Crippen LogP contribution in [0, 0.1) is 0 Å². The van der Waals surface area contributed by atoms with E-state index in [2.05, 4.69) is 16.0 Å². The predicted molar refractivity (Wildman–Crippen MR) is 106 cm³/mol. The average Bonchev–Trinajstić information content (AvgIpc) is 3.40. The van der Waals surface area contributed by atoms with Crippen molar-refractivity contribution in [3.63, 3.8) is 0 Å².